The third-order valence-corrected chi connectivity index (χ3v) is 3.13. The van der Waals surface area contributed by atoms with Gasteiger partial charge in [-0.25, -0.2) is 0 Å². The van der Waals surface area contributed by atoms with Gasteiger partial charge >= 0.3 is 0 Å². The molecule has 120 valence electrons. The minimum Gasteiger partial charge on any atom is -0.491 e. The highest BCUT2D eigenvalue weighted by molar-refractivity contribution is 5.85. The van der Waals surface area contributed by atoms with Crippen LogP contribution >= 0.6 is 12.4 Å². The van der Waals surface area contributed by atoms with Crippen LogP contribution in [0.4, 0.5) is 0 Å². The molecule has 0 atom stereocenters. The molecule has 1 rings (SSSR count). The van der Waals surface area contributed by atoms with E-state index in [0.29, 0.717) is 19.6 Å². The number of amides is 1. The lowest BCUT2D eigenvalue weighted by molar-refractivity contribution is -0.121. The monoisotopic (exact) mass is 314 g/mol. The number of hydrogen-bond acceptors (Lipinski definition) is 3. The predicted octanol–water partition coefficient (Wildman–Crippen LogP) is 2.82. The summed E-state index contributed by atoms with van der Waals surface area (Å²) in [5, 5.41) is 2.87. The molecule has 0 aliphatic heterocycles. The summed E-state index contributed by atoms with van der Waals surface area (Å²) in [7, 11) is 0. The highest BCUT2D eigenvalue weighted by Gasteiger charge is 2.01. The van der Waals surface area contributed by atoms with Crippen molar-refractivity contribution in [2.75, 3.05) is 19.7 Å². The Hall–Kier alpha value is -1.26. The molecular formula is C16H27ClN2O2. The lowest BCUT2D eigenvalue weighted by atomic mass is 10.1. The van der Waals surface area contributed by atoms with Crippen molar-refractivity contribution in [3.8, 4) is 5.75 Å². The normalized spacial score (nSPS) is 9.81. The van der Waals surface area contributed by atoms with Crippen LogP contribution in [0.2, 0.25) is 0 Å². The van der Waals surface area contributed by atoms with Crippen molar-refractivity contribution in [1.29, 1.82) is 0 Å². The van der Waals surface area contributed by atoms with E-state index in [0.717, 1.165) is 43.5 Å². The predicted molar refractivity (Wildman–Crippen MR) is 89.1 cm³/mol. The maximum Gasteiger partial charge on any atom is 0.220 e. The van der Waals surface area contributed by atoms with Gasteiger partial charge in [-0.15, -0.1) is 12.4 Å². The van der Waals surface area contributed by atoms with Crippen LogP contribution in [0.1, 0.15) is 37.7 Å². The first-order valence-corrected chi connectivity index (χ1v) is 7.39. The van der Waals surface area contributed by atoms with E-state index < -0.39 is 0 Å². The Balaban J connectivity index is 0.00000400. The van der Waals surface area contributed by atoms with Crippen LogP contribution in [-0.4, -0.2) is 25.6 Å². The summed E-state index contributed by atoms with van der Waals surface area (Å²) < 4.78 is 5.62. The molecule has 0 fully saturated rings. The van der Waals surface area contributed by atoms with Crippen molar-refractivity contribution in [1.82, 2.24) is 5.32 Å². The summed E-state index contributed by atoms with van der Waals surface area (Å²) in [6.45, 7) is 3.80. The largest absolute Gasteiger partial charge is 0.491 e. The quantitative estimate of drug-likeness (QED) is 0.653. The van der Waals surface area contributed by atoms with Gasteiger partial charge in [0.15, 0.2) is 0 Å². The number of carbonyl (C=O) groups excluding carboxylic acids is 1. The van der Waals surface area contributed by atoms with E-state index in [1.165, 1.54) is 0 Å². The molecule has 5 heteroatoms. The third-order valence-electron chi connectivity index (χ3n) is 3.13. The standard InChI is InChI=1S/C16H26N2O2.ClH/c1-14-8-5-6-9-15(14)20-13-12-18-16(19)10-4-2-3-7-11-17;/h5-6,8-9H,2-4,7,10-13,17H2,1H3,(H,18,19);1H. The van der Waals surface area contributed by atoms with E-state index in [1.807, 2.05) is 31.2 Å². The second kappa shape index (κ2) is 12.5. The Bertz CT molecular complexity index is 400. The number of rotatable bonds is 10. The number of carbonyl (C=O) groups is 1. The zero-order valence-corrected chi connectivity index (χ0v) is 13.6. The zero-order valence-electron chi connectivity index (χ0n) is 12.8. The average molecular weight is 315 g/mol. The SMILES string of the molecule is Cc1ccccc1OCCNC(=O)CCCCCCN.Cl. The van der Waals surface area contributed by atoms with E-state index in [2.05, 4.69) is 5.32 Å². The molecule has 0 radical (unpaired) electrons. The lowest BCUT2D eigenvalue weighted by Crippen LogP contribution is -2.27. The van der Waals surface area contributed by atoms with E-state index in [9.17, 15) is 4.79 Å². The second-order valence-electron chi connectivity index (χ2n) is 4.92. The van der Waals surface area contributed by atoms with Gasteiger partial charge in [-0.2, -0.15) is 0 Å². The maximum atomic E-state index is 11.6. The van der Waals surface area contributed by atoms with Crippen molar-refractivity contribution < 1.29 is 9.53 Å². The van der Waals surface area contributed by atoms with Crippen molar-refractivity contribution in [2.45, 2.75) is 39.0 Å². The Morgan fingerprint density at radius 2 is 1.90 bits per heavy atom. The fourth-order valence-electron chi connectivity index (χ4n) is 1.94. The number of hydrogen-bond donors (Lipinski definition) is 2. The number of nitrogens with two attached hydrogens (primary N) is 1. The molecular weight excluding hydrogens is 288 g/mol. The Labute approximate surface area is 133 Å². The molecule has 0 aliphatic rings. The summed E-state index contributed by atoms with van der Waals surface area (Å²) in [6, 6.07) is 7.88. The molecule has 1 amide bonds. The Morgan fingerprint density at radius 3 is 2.62 bits per heavy atom. The number of halogens is 1. The van der Waals surface area contributed by atoms with Crippen LogP contribution in [0.25, 0.3) is 0 Å². The topological polar surface area (TPSA) is 64.3 Å². The molecule has 0 aromatic heterocycles. The van der Waals surface area contributed by atoms with Gasteiger partial charge in [0.05, 0.1) is 6.54 Å². The molecule has 0 unspecified atom stereocenters. The summed E-state index contributed by atoms with van der Waals surface area (Å²) in [4.78, 5) is 11.6. The highest BCUT2D eigenvalue weighted by Crippen LogP contribution is 2.15. The molecule has 0 bridgehead atoms. The van der Waals surface area contributed by atoms with Crippen LogP contribution in [0.5, 0.6) is 5.75 Å². The van der Waals surface area contributed by atoms with E-state index in [-0.39, 0.29) is 18.3 Å². The van der Waals surface area contributed by atoms with Crippen molar-refractivity contribution in [2.24, 2.45) is 5.73 Å². The fourth-order valence-corrected chi connectivity index (χ4v) is 1.94. The molecule has 0 heterocycles. The van der Waals surface area contributed by atoms with Crippen LogP contribution < -0.4 is 15.8 Å². The van der Waals surface area contributed by atoms with Gasteiger partial charge in [-0.05, 0) is 37.9 Å². The summed E-state index contributed by atoms with van der Waals surface area (Å²) in [5.74, 6) is 0.981. The number of aryl methyl sites for hydroxylation is 1. The average Bonchev–Trinajstić information content (AvgIpc) is 2.45. The smallest absolute Gasteiger partial charge is 0.220 e. The molecule has 1 aromatic carbocycles. The van der Waals surface area contributed by atoms with Gasteiger partial charge < -0.3 is 15.8 Å². The Kier molecular flexibility index (Phi) is 11.7. The molecule has 0 saturated heterocycles. The highest BCUT2D eigenvalue weighted by atomic mass is 35.5. The minimum atomic E-state index is 0. The summed E-state index contributed by atoms with van der Waals surface area (Å²) in [6.07, 6.45) is 4.76. The van der Waals surface area contributed by atoms with Gasteiger partial charge in [0.2, 0.25) is 5.91 Å². The van der Waals surface area contributed by atoms with Crippen LogP contribution in [0, 0.1) is 6.92 Å². The van der Waals surface area contributed by atoms with Gasteiger partial charge in [-0.3, -0.25) is 4.79 Å². The molecule has 0 spiro atoms. The Morgan fingerprint density at radius 1 is 1.19 bits per heavy atom. The van der Waals surface area contributed by atoms with Crippen molar-refractivity contribution >= 4 is 18.3 Å². The lowest BCUT2D eigenvalue weighted by Gasteiger charge is -2.09. The first-order valence-electron chi connectivity index (χ1n) is 7.39. The first-order chi connectivity index (χ1) is 9.74. The number of nitrogens with one attached hydrogen (secondary N) is 1. The number of ether oxygens (including phenoxy) is 1. The maximum absolute atomic E-state index is 11.6. The molecule has 0 aliphatic carbocycles. The van der Waals surface area contributed by atoms with Crippen LogP contribution in [-0.2, 0) is 4.79 Å². The van der Waals surface area contributed by atoms with E-state index in [1.54, 1.807) is 0 Å². The second-order valence-corrected chi connectivity index (χ2v) is 4.92. The zero-order chi connectivity index (χ0) is 14.6. The summed E-state index contributed by atoms with van der Waals surface area (Å²) >= 11 is 0. The molecule has 0 saturated carbocycles. The molecule has 3 N–H and O–H groups in total. The molecule has 4 nitrogen and oxygen atoms in total. The number of benzene rings is 1. The first kappa shape index (κ1) is 19.7. The fraction of sp³-hybridized carbons (Fsp3) is 0.562. The third kappa shape index (κ3) is 9.32. The van der Waals surface area contributed by atoms with Gasteiger partial charge in [0.25, 0.3) is 0 Å². The van der Waals surface area contributed by atoms with Crippen LogP contribution in [0.3, 0.4) is 0 Å². The van der Waals surface area contributed by atoms with E-state index >= 15 is 0 Å². The van der Waals surface area contributed by atoms with E-state index in [4.69, 9.17) is 10.5 Å². The van der Waals surface area contributed by atoms with Crippen molar-refractivity contribution in [3.63, 3.8) is 0 Å². The number of para-hydroxylation sites is 1. The minimum absolute atomic E-state index is 0. The molecule has 1 aromatic rings. The van der Waals surface area contributed by atoms with Crippen LogP contribution in [0.15, 0.2) is 24.3 Å². The van der Waals surface area contributed by atoms with Gasteiger partial charge in [0.1, 0.15) is 12.4 Å². The summed E-state index contributed by atoms with van der Waals surface area (Å²) in [5.41, 5.74) is 6.53. The molecule has 21 heavy (non-hydrogen) atoms. The van der Waals surface area contributed by atoms with Gasteiger partial charge in [-0.1, -0.05) is 31.0 Å². The van der Waals surface area contributed by atoms with Gasteiger partial charge in [0, 0.05) is 6.42 Å². The van der Waals surface area contributed by atoms with Crippen molar-refractivity contribution in [3.05, 3.63) is 29.8 Å². The number of unbranched alkanes of at least 4 members (excludes halogenated alkanes) is 3.